The molecule has 0 aliphatic carbocycles. The van der Waals surface area contributed by atoms with Gasteiger partial charge in [0, 0.05) is 19.2 Å². The van der Waals surface area contributed by atoms with E-state index in [1.807, 2.05) is 4.90 Å². The lowest BCUT2D eigenvalue weighted by Crippen LogP contribution is -2.36. The first-order valence-electron chi connectivity index (χ1n) is 9.19. The van der Waals surface area contributed by atoms with E-state index >= 15 is 0 Å². The molecule has 2 heterocycles. The predicted octanol–water partition coefficient (Wildman–Crippen LogP) is 4.63. The van der Waals surface area contributed by atoms with Crippen LogP contribution in [0.5, 0.6) is 0 Å². The first-order chi connectivity index (χ1) is 14.8. The quantitative estimate of drug-likeness (QED) is 0.274. The minimum Gasteiger partial charge on any atom is -0.378 e. The number of thiocarbonyl (C=S) groups is 1. The van der Waals surface area contributed by atoms with E-state index in [2.05, 4.69) is 0 Å². The summed E-state index contributed by atoms with van der Waals surface area (Å²) in [6.07, 6.45) is 1.56. The Hall–Kier alpha value is -2.53. The highest BCUT2D eigenvalue weighted by Crippen LogP contribution is 2.38. The standard InChI is InChI=1S/C20H15ClFN3O4S2/c21-14-11-13(2-3-15(14)22)24-19(26)18(31-20(24)30)10-12-1-4-16(17(9-12)25(27)28)23-5-7-29-8-6-23/h1-4,9-11H,5-8H2/b18-10-. The minimum atomic E-state index is -0.598. The van der Waals surface area contributed by atoms with E-state index in [4.69, 9.17) is 28.6 Å². The van der Waals surface area contributed by atoms with Crippen molar-refractivity contribution in [1.29, 1.82) is 0 Å². The van der Waals surface area contributed by atoms with E-state index in [1.54, 1.807) is 18.2 Å². The molecule has 4 rings (SSSR count). The molecule has 1 amide bonds. The molecule has 160 valence electrons. The average Bonchev–Trinajstić information content (AvgIpc) is 3.03. The highest BCUT2D eigenvalue weighted by atomic mass is 35.5. The summed E-state index contributed by atoms with van der Waals surface area (Å²) >= 11 is 12.2. The fraction of sp³-hybridized carbons (Fsp3) is 0.200. The van der Waals surface area contributed by atoms with Crippen LogP contribution in [0.4, 0.5) is 21.5 Å². The van der Waals surface area contributed by atoms with Gasteiger partial charge in [0.2, 0.25) is 0 Å². The normalized spacial score (nSPS) is 18.2. The Morgan fingerprint density at radius 1 is 1.23 bits per heavy atom. The van der Waals surface area contributed by atoms with E-state index in [0.717, 1.165) is 17.8 Å². The number of thioether (sulfide) groups is 1. The van der Waals surface area contributed by atoms with Crippen molar-refractivity contribution < 1.29 is 18.8 Å². The number of ether oxygens (including phenoxy) is 1. The van der Waals surface area contributed by atoms with Gasteiger partial charge in [-0.15, -0.1) is 0 Å². The summed E-state index contributed by atoms with van der Waals surface area (Å²) in [6, 6.07) is 8.73. The number of halogens is 2. The average molecular weight is 480 g/mol. The second kappa shape index (κ2) is 8.91. The molecule has 2 aliphatic heterocycles. The van der Waals surface area contributed by atoms with E-state index in [-0.39, 0.29) is 15.0 Å². The third-order valence-corrected chi connectivity index (χ3v) is 6.39. The van der Waals surface area contributed by atoms with Crippen LogP contribution < -0.4 is 9.80 Å². The van der Waals surface area contributed by atoms with Crippen molar-refractivity contribution in [2.24, 2.45) is 0 Å². The molecule has 31 heavy (non-hydrogen) atoms. The van der Waals surface area contributed by atoms with Crippen LogP contribution >= 0.6 is 35.6 Å². The zero-order valence-corrected chi connectivity index (χ0v) is 18.3. The number of nitro groups is 1. The van der Waals surface area contributed by atoms with Crippen LogP contribution in [0.1, 0.15) is 5.56 Å². The predicted molar refractivity (Wildman–Crippen MR) is 123 cm³/mol. The molecule has 0 bridgehead atoms. The van der Waals surface area contributed by atoms with Crippen LogP contribution in [-0.2, 0) is 9.53 Å². The topological polar surface area (TPSA) is 75.9 Å². The fourth-order valence-electron chi connectivity index (χ4n) is 3.31. The third-order valence-electron chi connectivity index (χ3n) is 4.80. The first-order valence-corrected chi connectivity index (χ1v) is 10.8. The summed E-state index contributed by atoms with van der Waals surface area (Å²) in [7, 11) is 0. The third kappa shape index (κ3) is 4.42. The van der Waals surface area contributed by atoms with Crippen LogP contribution in [0.3, 0.4) is 0 Å². The number of hydrogen-bond acceptors (Lipinski definition) is 7. The number of carbonyl (C=O) groups excluding carboxylic acids is 1. The summed E-state index contributed by atoms with van der Waals surface area (Å²) in [5.41, 5.74) is 1.32. The molecule has 0 N–H and O–H groups in total. The zero-order valence-electron chi connectivity index (χ0n) is 15.9. The number of hydrogen-bond donors (Lipinski definition) is 0. The second-order valence-corrected chi connectivity index (χ2v) is 8.80. The fourth-order valence-corrected chi connectivity index (χ4v) is 4.79. The number of anilines is 2. The Morgan fingerprint density at radius 2 is 1.97 bits per heavy atom. The number of benzene rings is 2. The highest BCUT2D eigenvalue weighted by molar-refractivity contribution is 8.27. The molecule has 0 atom stereocenters. The largest absolute Gasteiger partial charge is 0.378 e. The van der Waals surface area contributed by atoms with Crippen molar-refractivity contribution in [3.63, 3.8) is 0 Å². The maximum Gasteiger partial charge on any atom is 0.293 e. The summed E-state index contributed by atoms with van der Waals surface area (Å²) in [5.74, 6) is -1.00. The molecular weight excluding hydrogens is 465 g/mol. The number of nitro benzene ring substituents is 1. The van der Waals surface area contributed by atoms with Gasteiger partial charge in [0.1, 0.15) is 11.5 Å². The number of nitrogens with zero attached hydrogens (tertiary/aromatic N) is 3. The highest BCUT2D eigenvalue weighted by Gasteiger charge is 2.34. The lowest BCUT2D eigenvalue weighted by Gasteiger charge is -2.28. The lowest BCUT2D eigenvalue weighted by molar-refractivity contribution is -0.384. The minimum absolute atomic E-state index is 0.0450. The van der Waals surface area contributed by atoms with Crippen LogP contribution in [0.15, 0.2) is 41.3 Å². The Bertz CT molecular complexity index is 1120. The Morgan fingerprint density at radius 3 is 2.65 bits per heavy atom. The van der Waals surface area contributed by atoms with Gasteiger partial charge in [0.05, 0.1) is 33.8 Å². The molecule has 2 aromatic carbocycles. The monoisotopic (exact) mass is 479 g/mol. The van der Waals surface area contributed by atoms with Gasteiger partial charge in [-0.3, -0.25) is 19.8 Å². The van der Waals surface area contributed by atoms with Gasteiger partial charge < -0.3 is 9.64 Å². The summed E-state index contributed by atoms with van der Waals surface area (Å²) in [4.78, 5) is 27.6. The maximum atomic E-state index is 13.5. The van der Waals surface area contributed by atoms with Gasteiger partial charge in [0.15, 0.2) is 4.32 Å². The van der Waals surface area contributed by atoms with Crippen LogP contribution in [0.2, 0.25) is 5.02 Å². The maximum absolute atomic E-state index is 13.5. The molecule has 2 aromatic rings. The number of carbonyl (C=O) groups is 1. The molecular formula is C20H15ClFN3O4S2. The van der Waals surface area contributed by atoms with Gasteiger partial charge in [-0.1, -0.05) is 41.6 Å². The number of rotatable bonds is 4. The van der Waals surface area contributed by atoms with Gasteiger partial charge in [-0.05, 0) is 35.9 Å². The van der Waals surface area contributed by atoms with E-state index in [9.17, 15) is 19.3 Å². The number of amides is 1. The van der Waals surface area contributed by atoms with Crippen molar-refractivity contribution in [3.05, 3.63) is 67.8 Å². The van der Waals surface area contributed by atoms with Crippen LogP contribution in [0.25, 0.3) is 6.08 Å². The van der Waals surface area contributed by atoms with Gasteiger partial charge >= 0.3 is 0 Å². The van der Waals surface area contributed by atoms with Gasteiger partial charge in [0.25, 0.3) is 11.6 Å². The summed E-state index contributed by atoms with van der Waals surface area (Å²) < 4.78 is 19.0. The molecule has 0 spiro atoms. The molecule has 0 unspecified atom stereocenters. The number of morpholine rings is 1. The zero-order chi connectivity index (χ0) is 22.1. The Balaban J connectivity index is 1.64. The van der Waals surface area contributed by atoms with Crippen molar-refractivity contribution in [1.82, 2.24) is 0 Å². The molecule has 0 aromatic heterocycles. The van der Waals surface area contributed by atoms with Crippen molar-refractivity contribution in [2.45, 2.75) is 0 Å². The second-order valence-electron chi connectivity index (χ2n) is 6.72. The van der Waals surface area contributed by atoms with Gasteiger partial charge in [-0.2, -0.15) is 0 Å². The molecule has 11 heteroatoms. The van der Waals surface area contributed by atoms with Gasteiger partial charge in [-0.25, -0.2) is 4.39 Å². The summed E-state index contributed by atoms with van der Waals surface area (Å²) in [6.45, 7) is 2.15. The molecule has 0 radical (unpaired) electrons. The first kappa shape index (κ1) is 21.7. The molecule has 7 nitrogen and oxygen atoms in total. The van der Waals surface area contributed by atoms with Crippen LogP contribution in [-0.4, -0.2) is 41.5 Å². The smallest absolute Gasteiger partial charge is 0.293 e. The van der Waals surface area contributed by atoms with E-state index in [0.29, 0.717) is 48.1 Å². The van der Waals surface area contributed by atoms with Crippen LogP contribution in [0, 0.1) is 15.9 Å². The lowest BCUT2D eigenvalue weighted by atomic mass is 10.1. The van der Waals surface area contributed by atoms with Crippen molar-refractivity contribution in [2.75, 3.05) is 36.1 Å². The van der Waals surface area contributed by atoms with Crippen molar-refractivity contribution >= 4 is 68.9 Å². The SMILES string of the molecule is O=C1/C(=C/c2ccc(N3CCOCC3)c([N+](=O)[O-])c2)SC(=S)N1c1ccc(F)c(Cl)c1. The van der Waals surface area contributed by atoms with Crippen molar-refractivity contribution in [3.8, 4) is 0 Å². The molecule has 0 saturated carbocycles. The molecule has 2 saturated heterocycles. The summed E-state index contributed by atoms with van der Waals surface area (Å²) in [5, 5.41) is 11.5. The molecule has 2 fully saturated rings. The molecule has 2 aliphatic rings. The van der Waals surface area contributed by atoms with E-state index < -0.39 is 16.6 Å². The van der Waals surface area contributed by atoms with E-state index in [1.165, 1.54) is 23.1 Å². The Labute approximate surface area is 191 Å². The Kier molecular flexibility index (Phi) is 6.24.